The van der Waals surface area contributed by atoms with Crippen molar-refractivity contribution in [2.45, 2.75) is 44.6 Å². The molecule has 0 fully saturated rings. The lowest BCUT2D eigenvalue weighted by atomic mass is 9.78. The van der Waals surface area contributed by atoms with Crippen LogP contribution in [0.15, 0.2) is 28.1 Å². The molecule has 1 aromatic carbocycles. The fourth-order valence-electron chi connectivity index (χ4n) is 3.04. The molecule has 3 rings (SSSR count). The van der Waals surface area contributed by atoms with E-state index < -0.39 is 0 Å². The molecule has 0 saturated heterocycles. The van der Waals surface area contributed by atoms with Gasteiger partial charge in [-0.3, -0.25) is 0 Å². The van der Waals surface area contributed by atoms with Gasteiger partial charge in [-0.15, -0.1) is 11.3 Å². The second kappa shape index (κ2) is 5.82. The zero-order chi connectivity index (χ0) is 15.0. The van der Waals surface area contributed by atoms with Crippen molar-refractivity contribution in [3.63, 3.8) is 0 Å². The van der Waals surface area contributed by atoms with Crippen LogP contribution in [0.5, 0.6) is 0 Å². The minimum absolute atomic E-state index is 0.00135. The number of hydrogen-bond acceptors (Lipinski definition) is 3. The van der Waals surface area contributed by atoms with Gasteiger partial charge in [-0.05, 0) is 55.5 Å². The van der Waals surface area contributed by atoms with Crippen LogP contribution >= 0.6 is 27.3 Å². The highest BCUT2D eigenvalue weighted by atomic mass is 79.9. The van der Waals surface area contributed by atoms with Crippen molar-refractivity contribution in [2.24, 2.45) is 0 Å². The van der Waals surface area contributed by atoms with Crippen LogP contribution < -0.4 is 5.32 Å². The molecule has 4 heteroatoms. The van der Waals surface area contributed by atoms with Crippen LogP contribution in [0.2, 0.25) is 0 Å². The molecule has 1 unspecified atom stereocenters. The molecular formula is C17H21BrN2S. The number of aromatic nitrogens is 1. The zero-order valence-electron chi connectivity index (χ0n) is 12.7. The lowest BCUT2D eigenvalue weighted by Crippen LogP contribution is -2.44. The summed E-state index contributed by atoms with van der Waals surface area (Å²) >= 11 is 5.38. The molecule has 1 aliphatic carbocycles. The maximum Gasteiger partial charge on any atom is 0.113 e. The van der Waals surface area contributed by atoms with E-state index in [9.17, 15) is 0 Å². The summed E-state index contributed by atoms with van der Waals surface area (Å²) in [6.07, 6.45) is 3.24. The van der Waals surface area contributed by atoms with Crippen LogP contribution in [0, 0.1) is 0 Å². The van der Waals surface area contributed by atoms with Gasteiger partial charge in [0.1, 0.15) is 5.01 Å². The minimum atomic E-state index is -0.00135. The Kier molecular flexibility index (Phi) is 4.21. The van der Waals surface area contributed by atoms with Gasteiger partial charge in [0, 0.05) is 9.85 Å². The second-order valence-electron chi connectivity index (χ2n) is 6.15. The summed E-state index contributed by atoms with van der Waals surface area (Å²) in [6.45, 7) is 4.41. The SMILES string of the molecule is CNC1(c2nc(C(C)C)cs2)CCc2cc(Br)ccc2C1. The monoisotopic (exact) mass is 364 g/mol. The normalized spacial score (nSPS) is 21.6. The molecule has 0 spiro atoms. The summed E-state index contributed by atoms with van der Waals surface area (Å²) in [7, 11) is 2.07. The van der Waals surface area contributed by atoms with Gasteiger partial charge >= 0.3 is 0 Å². The fraction of sp³-hybridized carbons (Fsp3) is 0.471. The molecule has 0 amide bonds. The van der Waals surface area contributed by atoms with E-state index in [-0.39, 0.29) is 5.54 Å². The second-order valence-corrected chi connectivity index (χ2v) is 7.93. The average Bonchev–Trinajstić information content (AvgIpc) is 2.97. The molecule has 1 atom stereocenters. The highest BCUT2D eigenvalue weighted by Crippen LogP contribution is 2.39. The Bertz CT molecular complexity index is 650. The van der Waals surface area contributed by atoms with Crippen LogP contribution in [0.1, 0.15) is 48.0 Å². The van der Waals surface area contributed by atoms with Gasteiger partial charge in [-0.2, -0.15) is 0 Å². The minimum Gasteiger partial charge on any atom is -0.308 e. The number of aryl methyl sites for hydroxylation is 1. The molecule has 21 heavy (non-hydrogen) atoms. The van der Waals surface area contributed by atoms with Crippen molar-refractivity contribution in [1.29, 1.82) is 0 Å². The highest BCUT2D eigenvalue weighted by molar-refractivity contribution is 9.10. The number of hydrogen-bond donors (Lipinski definition) is 1. The number of benzene rings is 1. The van der Waals surface area contributed by atoms with E-state index in [1.165, 1.54) is 26.3 Å². The number of thiazole rings is 1. The highest BCUT2D eigenvalue weighted by Gasteiger charge is 2.37. The van der Waals surface area contributed by atoms with Gasteiger partial charge in [0.2, 0.25) is 0 Å². The molecule has 0 saturated carbocycles. The predicted molar refractivity (Wildman–Crippen MR) is 93.1 cm³/mol. The van der Waals surface area contributed by atoms with Crippen LogP contribution in [0.4, 0.5) is 0 Å². The van der Waals surface area contributed by atoms with Crippen LogP contribution in [-0.4, -0.2) is 12.0 Å². The third kappa shape index (κ3) is 2.81. The van der Waals surface area contributed by atoms with E-state index >= 15 is 0 Å². The van der Waals surface area contributed by atoms with Crippen molar-refractivity contribution < 1.29 is 0 Å². The number of rotatable bonds is 3. The van der Waals surface area contributed by atoms with Crippen molar-refractivity contribution >= 4 is 27.3 Å². The van der Waals surface area contributed by atoms with Gasteiger partial charge in [0.15, 0.2) is 0 Å². The van der Waals surface area contributed by atoms with E-state index in [4.69, 9.17) is 4.98 Å². The molecule has 1 aromatic heterocycles. The standard InChI is InChI=1S/C17H21BrN2S/c1-11(2)15-10-21-16(20-15)17(19-3)7-6-12-8-14(18)5-4-13(12)9-17/h4-5,8,10-11,19H,6-7,9H2,1-3H3. The molecule has 1 N–H and O–H groups in total. The van der Waals surface area contributed by atoms with E-state index in [0.29, 0.717) is 5.92 Å². The molecular weight excluding hydrogens is 344 g/mol. The Morgan fingerprint density at radius 1 is 1.33 bits per heavy atom. The first kappa shape index (κ1) is 15.2. The molecule has 0 radical (unpaired) electrons. The molecule has 0 aliphatic heterocycles. The average molecular weight is 365 g/mol. The topological polar surface area (TPSA) is 24.9 Å². The van der Waals surface area contributed by atoms with Gasteiger partial charge in [-0.25, -0.2) is 4.98 Å². The first-order chi connectivity index (χ1) is 10.0. The van der Waals surface area contributed by atoms with E-state index in [0.717, 1.165) is 19.3 Å². The van der Waals surface area contributed by atoms with Crippen molar-refractivity contribution in [3.05, 3.63) is 49.9 Å². The third-order valence-electron chi connectivity index (χ3n) is 4.48. The summed E-state index contributed by atoms with van der Waals surface area (Å²) in [6, 6.07) is 6.66. The predicted octanol–water partition coefficient (Wildman–Crippen LogP) is 4.63. The van der Waals surface area contributed by atoms with Crippen molar-refractivity contribution in [3.8, 4) is 0 Å². The Balaban J connectivity index is 1.96. The summed E-state index contributed by atoms with van der Waals surface area (Å²) in [5.41, 5.74) is 4.13. The number of halogens is 1. The van der Waals surface area contributed by atoms with E-state index in [1.807, 2.05) is 0 Å². The summed E-state index contributed by atoms with van der Waals surface area (Å²) in [5.74, 6) is 0.496. The molecule has 1 heterocycles. The zero-order valence-corrected chi connectivity index (χ0v) is 15.1. The van der Waals surface area contributed by atoms with Crippen LogP contribution in [-0.2, 0) is 18.4 Å². The lowest BCUT2D eigenvalue weighted by Gasteiger charge is -2.36. The van der Waals surface area contributed by atoms with E-state index in [1.54, 1.807) is 11.3 Å². The Morgan fingerprint density at radius 3 is 2.81 bits per heavy atom. The number of likely N-dealkylation sites (N-methyl/N-ethyl adjacent to an activating group) is 1. The number of fused-ring (bicyclic) bond motifs is 1. The maximum atomic E-state index is 4.91. The van der Waals surface area contributed by atoms with Crippen LogP contribution in [0.3, 0.4) is 0 Å². The lowest BCUT2D eigenvalue weighted by molar-refractivity contribution is 0.313. The van der Waals surface area contributed by atoms with Gasteiger partial charge in [0.25, 0.3) is 0 Å². The first-order valence-corrected chi connectivity index (χ1v) is 9.13. The Morgan fingerprint density at radius 2 is 2.14 bits per heavy atom. The van der Waals surface area contributed by atoms with Crippen molar-refractivity contribution in [2.75, 3.05) is 7.05 Å². The summed E-state index contributed by atoms with van der Waals surface area (Å²) < 4.78 is 1.18. The summed E-state index contributed by atoms with van der Waals surface area (Å²) in [5, 5.41) is 7.03. The molecule has 0 bridgehead atoms. The van der Waals surface area contributed by atoms with E-state index in [2.05, 4.69) is 65.7 Å². The molecule has 112 valence electrons. The quantitative estimate of drug-likeness (QED) is 0.858. The van der Waals surface area contributed by atoms with Gasteiger partial charge in [-0.1, -0.05) is 35.8 Å². The molecule has 2 nitrogen and oxygen atoms in total. The summed E-state index contributed by atoms with van der Waals surface area (Å²) in [4.78, 5) is 4.91. The van der Waals surface area contributed by atoms with Gasteiger partial charge in [0.05, 0.1) is 11.2 Å². The molecule has 1 aliphatic rings. The number of nitrogens with zero attached hydrogens (tertiary/aromatic N) is 1. The third-order valence-corrected chi connectivity index (χ3v) is 6.04. The number of nitrogens with one attached hydrogen (secondary N) is 1. The fourth-order valence-corrected chi connectivity index (χ4v) is 4.66. The Hall–Kier alpha value is -0.710. The molecule has 2 aromatic rings. The van der Waals surface area contributed by atoms with Gasteiger partial charge < -0.3 is 5.32 Å². The van der Waals surface area contributed by atoms with Crippen LogP contribution in [0.25, 0.3) is 0 Å². The smallest absolute Gasteiger partial charge is 0.113 e. The maximum absolute atomic E-state index is 4.91. The largest absolute Gasteiger partial charge is 0.308 e. The Labute approximate surface area is 139 Å². The first-order valence-electron chi connectivity index (χ1n) is 7.46. The van der Waals surface area contributed by atoms with Crippen molar-refractivity contribution in [1.82, 2.24) is 10.3 Å².